The lowest BCUT2D eigenvalue weighted by atomic mass is 10.0. The Kier molecular flexibility index (Phi) is 6.63. The van der Waals surface area contributed by atoms with E-state index in [0.29, 0.717) is 23.2 Å². The first-order chi connectivity index (χ1) is 13.5. The van der Waals surface area contributed by atoms with Gasteiger partial charge in [-0.05, 0) is 45.4 Å². The maximum absolute atomic E-state index is 13.1. The Labute approximate surface area is 169 Å². The van der Waals surface area contributed by atoms with Gasteiger partial charge in [0.2, 0.25) is 0 Å². The predicted octanol–water partition coefficient (Wildman–Crippen LogP) is 2.84. The fourth-order valence-electron chi connectivity index (χ4n) is 2.68. The number of fused-ring (bicyclic) bond motifs is 1. The maximum atomic E-state index is 13.1. The lowest BCUT2D eigenvalue weighted by molar-refractivity contribution is -0.130. The SMILES string of the molecule is CCCN(NC(=O)OC(C)(C)C)C(=O)C1=Cc2ccc(C(=O)O)cc2N=C(N)C1. The van der Waals surface area contributed by atoms with Crippen molar-refractivity contribution in [1.29, 1.82) is 0 Å². The van der Waals surface area contributed by atoms with E-state index in [0.717, 1.165) is 0 Å². The normalized spacial score (nSPS) is 13.4. The van der Waals surface area contributed by atoms with E-state index in [1.54, 1.807) is 32.9 Å². The molecule has 0 unspecified atom stereocenters. The van der Waals surface area contributed by atoms with Gasteiger partial charge >= 0.3 is 12.1 Å². The Morgan fingerprint density at radius 1 is 1.31 bits per heavy atom. The smallest absolute Gasteiger partial charge is 0.426 e. The minimum Gasteiger partial charge on any atom is -0.478 e. The first kappa shape index (κ1) is 21.9. The van der Waals surface area contributed by atoms with Crippen LogP contribution in [0.3, 0.4) is 0 Å². The van der Waals surface area contributed by atoms with Gasteiger partial charge < -0.3 is 15.6 Å². The zero-order chi connectivity index (χ0) is 21.8. The molecule has 1 heterocycles. The molecular formula is C20H26N4O5. The van der Waals surface area contributed by atoms with Crippen molar-refractivity contribution in [3.63, 3.8) is 0 Å². The van der Waals surface area contributed by atoms with Gasteiger partial charge in [0.1, 0.15) is 11.4 Å². The minimum absolute atomic E-state index is 0.0616. The summed E-state index contributed by atoms with van der Waals surface area (Å²) in [4.78, 5) is 40.6. The number of amides is 2. The molecule has 2 rings (SSSR count). The van der Waals surface area contributed by atoms with Gasteiger partial charge in [0.25, 0.3) is 5.91 Å². The minimum atomic E-state index is -1.08. The van der Waals surface area contributed by atoms with Crippen molar-refractivity contribution < 1.29 is 24.2 Å². The van der Waals surface area contributed by atoms with E-state index in [4.69, 9.17) is 15.6 Å². The van der Waals surface area contributed by atoms with Crippen LogP contribution in [0.4, 0.5) is 10.5 Å². The molecule has 1 aromatic carbocycles. The number of hydrogen-bond donors (Lipinski definition) is 3. The maximum Gasteiger partial charge on any atom is 0.426 e. The van der Waals surface area contributed by atoms with Crippen LogP contribution in [0.25, 0.3) is 6.08 Å². The van der Waals surface area contributed by atoms with E-state index >= 15 is 0 Å². The van der Waals surface area contributed by atoms with Crippen LogP contribution in [0.2, 0.25) is 0 Å². The largest absolute Gasteiger partial charge is 0.478 e. The third-order valence-corrected chi connectivity index (χ3v) is 3.83. The van der Waals surface area contributed by atoms with Gasteiger partial charge in [0.15, 0.2) is 0 Å². The monoisotopic (exact) mass is 402 g/mol. The van der Waals surface area contributed by atoms with Crippen molar-refractivity contribution >= 4 is 35.6 Å². The molecule has 1 aliphatic rings. The molecule has 156 valence electrons. The summed E-state index contributed by atoms with van der Waals surface area (Å²) in [5.74, 6) is -1.35. The van der Waals surface area contributed by atoms with E-state index in [-0.39, 0.29) is 24.4 Å². The fraction of sp³-hybridized carbons (Fsp3) is 0.400. The van der Waals surface area contributed by atoms with Crippen molar-refractivity contribution in [2.75, 3.05) is 6.54 Å². The second kappa shape index (κ2) is 8.76. The Morgan fingerprint density at radius 2 is 2.00 bits per heavy atom. The topological polar surface area (TPSA) is 134 Å². The van der Waals surface area contributed by atoms with Crippen LogP contribution < -0.4 is 11.2 Å². The van der Waals surface area contributed by atoms with E-state index in [1.807, 2.05) is 6.92 Å². The highest BCUT2D eigenvalue weighted by Gasteiger charge is 2.25. The van der Waals surface area contributed by atoms with Gasteiger partial charge in [-0.2, -0.15) is 0 Å². The number of carbonyl (C=O) groups excluding carboxylic acids is 2. The predicted molar refractivity (Wildman–Crippen MR) is 109 cm³/mol. The number of carboxylic acids is 1. The van der Waals surface area contributed by atoms with Gasteiger partial charge in [0.05, 0.1) is 11.3 Å². The summed E-state index contributed by atoms with van der Waals surface area (Å²) in [6, 6.07) is 4.40. The average Bonchev–Trinajstić information content (AvgIpc) is 2.76. The Hall–Kier alpha value is -3.36. The molecule has 1 aliphatic heterocycles. The zero-order valence-electron chi connectivity index (χ0n) is 17.0. The van der Waals surface area contributed by atoms with Crippen molar-refractivity contribution in [3.8, 4) is 0 Å². The molecule has 4 N–H and O–H groups in total. The molecule has 0 radical (unpaired) electrons. The van der Waals surface area contributed by atoms with E-state index in [1.165, 1.54) is 17.1 Å². The summed E-state index contributed by atoms with van der Waals surface area (Å²) in [6.45, 7) is 7.33. The van der Waals surface area contributed by atoms with Gasteiger partial charge in [-0.1, -0.05) is 13.0 Å². The third-order valence-electron chi connectivity index (χ3n) is 3.83. The number of ether oxygens (including phenoxy) is 1. The Balaban J connectivity index is 2.32. The molecule has 0 spiro atoms. The van der Waals surface area contributed by atoms with Crippen molar-refractivity contribution in [2.24, 2.45) is 10.7 Å². The standard InChI is InChI=1S/C20H26N4O5/c1-5-8-24(23-19(28)29-20(2,3)4)17(25)14-9-12-6-7-13(18(26)27)10-15(12)22-16(21)11-14/h6-7,9-10H,5,8,11H2,1-4H3,(H2,21,22)(H,23,28)(H,26,27). The Morgan fingerprint density at radius 3 is 2.59 bits per heavy atom. The first-order valence-electron chi connectivity index (χ1n) is 9.22. The second-order valence-corrected chi connectivity index (χ2v) is 7.60. The summed E-state index contributed by atoms with van der Waals surface area (Å²) >= 11 is 0. The third kappa shape index (κ3) is 6.06. The number of hydrogen-bond acceptors (Lipinski definition) is 6. The van der Waals surface area contributed by atoms with Crippen LogP contribution in [-0.2, 0) is 9.53 Å². The number of nitrogens with zero attached hydrogens (tertiary/aromatic N) is 2. The molecule has 0 aliphatic carbocycles. The van der Waals surface area contributed by atoms with Crippen LogP contribution in [0.15, 0.2) is 28.8 Å². The first-order valence-corrected chi connectivity index (χ1v) is 9.22. The molecule has 0 bridgehead atoms. The highest BCUT2D eigenvalue weighted by Crippen LogP contribution is 2.28. The van der Waals surface area contributed by atoms with Crippen LogP contribution in [0.5, 0.6) is 0 Å². The number of carbonyl (C=O) groups is 3. The zero-order valence-corrected chi connectivity index (χ0v) is 17.0. The number of nitrogens with one attached hydrogen (secondary N) is 1. The van der Waals surface area contributed by atoms with Crippen molar-refractivity contribution in [1.82, 2.24) is 10.4 Å². The molecule has 9 nitrogen and oxygen atoms in total. The van der Waals surface area contributed by atoms with Gasteiger partial charge in [-0.25, -0.2) is 25.0 Å². The number of benzene rings is 1. The molecule has 1 aromatic rings. The number of hydrazine groups is 1. The number of rotatable bonds is 4. The van der Waals surface area contributed by atoms with Crippen LogP contribution in [-0.4, -0.2) is 46.1 Å². The van der Waals surface area contributed by atoms with Crippen molar-refractivity contribution in [2.45, 2.75) is 46.1 Å². The van der Waals surface area contributed by atoms with E-state index < -0.39 is 23.6 Å². The van der Waals surface area contributed by atoms with Gasteiger partial charge in [-0.15, -0.1) is 0 Å². The molecule has 0 fully saturated rings. The van der Waals surface area contributed by atoms with E-state index in [2.05, 4.69) is 10.4 Å². The number of aliphatic imine (C=N–C) groups is 1. The average molecular weight is 402 g/mol. The molecule has 9 heteroatoms. The van der Waals surface area contributed by atoms with Gasteiger partial charge in [-0.3, -0.25) is 4.79 Å². The highest BCUT2D eigenvalue weighted by atomic mass is 16.6. The molecule has 0 aromatic heterocycles. The van der Waals surface area contributed by atoms with Gasteiger partial charge in [0, 0.05) is 24.1 Å². The van der Waals surface area contributed by atoms with Crippen LogP contribution >= 0.6 is 0 Å². The number of nitrogens with two attached hydrogens (primary N) is 1. The molecule has 0 saturated carbocycles. The summed E-state index contributed by atoms with van der Waals surface area (Å²) in [6.07, 6.45) is 1.54. The summed E-state index contributed by atoms with van der Waals surface area (Å²) in [5.41, 5.74) is 9.04. The molecule has 0 saturated heterocycles. The summed E-state index contributed by atoms with van der Waals surface area (Å²) in [5, 5.41) is 10.3. The number of aromatic carboxylic acids is 1. The molecule has 2 amide bonds. The second-order valence-electron chi connectivity index (χ2n) is 7.60. The number of carboxylic acid groups (broad SMARTS) is 1. The lowest BCUT2D eigenvalue weighted by Crippen LogP contribution is -2.49. The van der Waals surface area contributed by atoms with Crippen molar-refractivity contribution in [3.05, 3.63) is 34.9 Å². The molecule has 29 heavy (non-hydrogen) atoms. The summed E-state index contributed by atoms with van der Waals surface area (Å²) < 4.78 is 5.22. The fourth-order valence-corrected chi connectivity index (χ4v) is 2.68. The van der Waals surface area contributed by atoms with Crippen LogP contribution in [0.1, 0.15) is 56.5 Å². The van der Waals surface area contributed by atoms with E-state index in [9.17, 15) is 14.4 Å². The summed E-state index contributed by atoms with van der Waals surface area (Å²) in [7, 11) is 0. The lowest BCUT2D eigenvalue weighted by Gasteiger charge is -2.26. The highest BCUT2D eigenvalue weighted by molar-refractivity contribution is 6.06. The molecule has 0 atom stereocenters. The van der Waals surface area contributed by atoms with Crippen LogP contribution in [0, 0.1) is 0 Å². The quantitative estimate of drug-likeness (QED) is 0.663. The molecular weight excluding hydrogens is 376 g/mol. The Bertz CT molecular complexity index is 883. The number of amidine groups is 1.